The zero-order chi connectivity index (χ0) is 19.7. The molecule has 0 saturated heterocycles. The molecule has 0 spiro atoms. The molecular formula is C22H34N4O. The van der Waals surface area contributed by atoms with Crippen molar-refractivity contribution in [1.82, 2.24) is 20.2 Å². The van der Waals surface area contributed by atoms with E-state index in [0.29, 0.717) is 11.8 Å². The van der Waals surface area contributed by atoms with Crippen LogP contribution in [0.15, 0.2) is 35.3 Å². The molecule has 4 rings (SSSR count). The van der Waals surface area contributed by atoms with Gasteiger partial charge in [0.15, 0.2) is 0 Å². The van der Waals surface area contributed by atoms with Gasteiger partial charge in [0.25, 0.3) is 0 Å². The van der Waals surface area contributed by atoms with Gasteiger partial charge in [0.05, 0.1) is 22.7 Å². The van der Waals surface area contributed by atoms with E-state index in [4.69, 9.17) is 0 Å². The summed E-state index contributed by atoms with van der Waals surface area (Å²) in [6, 6.07) is 8.46. The van der Waals surface area contributed by atoms with E-state index < -0.39 is 0 Å². The van der Waals surface area contributed by atoms with Crippen LogP contribution in [0.1, 0.15) is 66.1 Å². The van der Waals surface area contributed by atoms with Crippen LogP contribution in [-0.2, 0) is 0 Å². The molecule has 27 heavy (non-hydrogen) atoms. The van der Waals surface area contributed by atoms with Gasteiger partial charge in [-0.25, -0.2) is 4.79 Å². The predicted octanol–water partition coefficient (Wildman–Crippen LogP) is 6.02. The van der Waals surface area contributed by atoms with Gasteiger partial charge in [-0.3, -0.25) is 5.10 Å². The fraction of sp³-hybridized carbons (Fsp3) is 0.364. The van der Waals surface area contributed by atoms with Crippen LogP contribution in [0.2, 0.25) is 0 Å². The van der Waals surface area contributed by atoms with Gasteiger partial charge in [-0.15, -0.1) is 0 Å². The largest absolute Gasteiger partial charge is 0.323 e. The SMILES string of the molecule is Cc1ccc(C(C)C)c2[nH]c(=O)[nH]c12.Cc1ccc(C(C)C)c2cn[nH]c12.[HH].[HH].[HH]. The molecule has 2 aromatic carbocycles. The highest BCUT2D eigenvalue weighted by molar-refractivity contribution is 5.85. The van der Waals surface area contributed by atoms with Crippen LogP contribution in [0, 0.1) is 13.8 Å². The van der Waals surface area contributed by atoms with Crippen molar-refractivity contribution < 1.29 is 4.28 Å². The second kappa shape index (κ2) is 7.43. The van der Waals surface area contributed by atoms with Crippen molar-refractivity contribution in [2.24, 2.45) is 0 Å². The quantitative estimate of drug-likeness (QED) is 0.403. The average Bonchev–Trinajstić information content (AvgIpc) is 3.23. The summed E-state index contributed by atoms with van der Waals surface area (Å²) in [5.41, 5.74) is 7.84. The lowest BCUT2D eigenvalue weighted by Crippen LogP contribution is -1.99. The van der Waals surface area contributed by atoms with Crippen molar-refractivity contribution in [3.8, 4) is 0 Å². The van der Waals surface area contributed by atoms with Gasteiger partial charge >= 0.3 is 5.69 Å². The number of imidazole rings is 1. The zero-order valence-corrected chi connectivity index (χ0v) is 16.9. The Morgan fingerprint density at radius 3 is 2.00 bits per heavy atom. The van der Waals surface area contributed by atoms with Crippen molar-refractivity contribution in [2.75, 3.05) is 0 Å². The molecule has 0 aliphatic carbocycles. The Balaban J connectivity index is 0.000000511. The minimum absolute atomic E-state index is 0. The van der Waals surface area contributed by atoms with Crippen LogP contribution >= 0.6 is 0 Å². The first-order valence-electron chi connectivity index (χ1n) is 9.43. The lowest BCUT2D eigenvalue weighted by molar-refractivity contribution is 0.873. The molecule has 0 aliphatic heterocycles. The van der Waals surface area contributed by atoms with Gasteiger partial charge in [-0.05, 0) is 47.9 Å². The third-order valence-corrected chi connectivity index (χ3v) is 5.02. The number of nitrogens with one attached hydrogen (secondary N) is 3. The summed E-state index contributed by atoms with van der Waals surface area (Å²) in [4.78, 5) is 16.9. The Kier molecular flexibility index (Phi) is 5.22. The summed E-state index contributed by atoms with van der Waals surface area (Å²) in [6.45, 7) is 12.7. The van der Waals surface area contributed by atoms with E-state index in [-0.39, 0.29) is 9.97 Å². The number of hydrogen-bond acceptors (Lipinski definition) is 2. The fourth-order valence-electron chi connectivity index (χ4n) is 3.46. The monoisotopic (exact) mass is 370 g/mol. The molecule has 0 bridgehead atoms. The number of benzene rings is 2. The summed E-state index contributed by atoms with van der Waals surface area (Å²) in [7, 11) is 0. The molecule has 0 radical (unpaired) electrons. The van der Waals surface area contributed by atoms with Gasteiger partial charge in [0.1, 0.15) is 0 Å². The molecule has 0 saturated carbocycles. The Morgan fingerprint density at radius 1 is 0.815 bits per heavy atom. The fourth-order valence-corrected chi connectivity index (χ4v) is 3.46. The maximum Gasteiger partial charge on any atom is 0.323 e. The van der Waals surface area contributed by atoms with E-state index in [1.54, 1.807) is 0 Å². The van der Waals surface area contributed by atoms with Gasteiger partial charge in [0.2, 0.25) is 0 Å². The standard InChI is InChI=1S/C11H14N2O.C11H14N2.3H2/c1-6(2)8-5-4-7(3)9-10(8)13-11(14)12-9;1-7(2)9-5-4-8(3)11-10(9)6-12-13-11;;;/h4-6H,1-3H3,(H2,12,13,14);4-7H,1-3H3,(H,12,13);3*1H. The second-order valence-electron chi connectivity index (χ2n) is 7.74. The van der Waals surface area contributed by atoms with E-state index in [2.05, 4.69) is 73.0 Å². The van der Waals surface area contributed by atoms with Crippen LogP contribution in [0.3, 0.4) is 0 Å². The summed E-state index contributed by atoms with van der Waals surface area (Å²) in [5, 5.41) is 8.37. The van der Waals surface area contributed by atoms with Crippen LogP contribution in [0.4, 0.5) is 0 Å². The molecule has 5 nitrogen and oxygen atoms in total. The number of fused-ring (bicyclic) bond motifs is 2. The van der Waals surface area contributed by atoms with Crippen LogP contribution in [0.5, 0.6) is 0 Å². The molecule has 0 fully saturated rings. The van der Waals surface area contributed by atoms with Gasteiger partial charge in [-0.1, -0.05) is 52.0 Å². The number of nitrogens with zero attached hydrogens (tertiary/aromatic N) is 1. The number of rotatable bonds is 2. The highest BCUT2D eigenvalue weighted by Crippen LogP contribution is 2.26. The molecule has 4 aromatic rings. The van der Waals surface area contributed by atoms with E-state index in [9.17, 15) is 4.79 Å². The third kappa shape index (κ3) is 3.68. The Bertz CT molecular complexity index is 1140. The van der Waals surface area contributed by atoms with Crippen LogP contribution in [-0.4, -0.2) is 20.2 Å². The van der Waals surface area contributed by atoms with Crippen molar-refractivity contribution >= 4 is 21.9 Å². The molecule has 2 heterocycles. The number of hydrogen-bond donors (Lipinski definition) is 3. The lowest BCUT2D eigenvalue weighted by Gasteiger charge is -2.07. The first kappa shape index (κ1) is 19.0. The van der Waals surface area contributed by atoms with E-state index >= 15 is 0 Å². The number of aromatic amines is 3. The second-order valence-corrected chi connectivity index (χ2v) is 7.74. The minimum Gasteiger partial charge on any atom is -0.305 e. The molecule has 148 valence electrons. The highest BCUT2D eigenvalue weighted by Gasteiger charge is 2.09. The Labute approximate surface area is 163 Å². The predicted molar refractivity (Wildman–Crippen MR) is 119 cm³/mol. The van der Waals surface area contributed by atoms with E-state index in [1.807, 2.05) is 19.2 Å². The average molecular weight is 371 g/mol. The maximum atomic E-state index is 11.2. The number of aryl methyl sites for hydroxylation is 2. The van der Waals surface area contributed by atoms with Gasteiger partial charge < -0.3 is 9.97 Å². The molecular weight excluding hydrogens is 336 g/mol. The Morgan fingerprint density at radius 2 is 1.37 bits per heavy atom. The summed E-state index contributed by atoms with van der Waals surface area (Å²) >= 11 is 0. The maximum absolute atomic E-state index is 11.2. The lowest BCUT2D eigenvalue weighted by atomic mass is 9.98. The third-order valence-electron chi connectivity index (χ3n) is 5.02. The topological polar surface area (TPSA) is 77.3 Å². The number of aromatic nitrogens is 4. The molecule has 5 heteroatoms. The first-order chi connectivity index (χ1) is 12.8. The highest BCUT2D eigenvalue weighted by atomic mass is 16.1. The van der Waals surface area contributed by atoms with E-state index in [1.165, 1.54) is 27.6 Å². The van der Waals surface area contributed by atoms with Crippen molar-refractivity contribution in [3.63, 3.8) is 0 Å². The first-order valence-corrected chi connectivity index (χ1v) is 9.43. The molecule has 3 N–H and O–H groups in total. The number of H-pyrrole nitrogens is 3. The summed E-state index contributed by atoms with van der Waals surface area (Å²) < 4.78 is 0. The van der Waals surface area contributed by atoms with Crippen molar-refractivity contribution in [3.05, 3.63) is 63.2 Å². The minimum atomic E-state index is -0.129. The smallest absolute Gasteiger partial charge is 0.305 e. The van der Waals surface area contributed by atoms with Crippen molar-refractivity contribution in [1.29, 1.82) is 0 Å². The molecule has 0 unspecified atom stereocenters. The van der Waals surface area contributed by atoms with Gasteiger partial charge in [0, 0.05) is 9.67 Å². The van der Waals surface area contributed by atoms with Crippen LogP contribution < -0.4 is 5.69 Å². The van der Waals surface area contributed by atoms with Gasteiger partial charge in [-0.2, -0.15) is 5.10 Å². The summed E-state index contributed by atoms with van der Waals surface area (Å²) in [6.07, 6.45) is 1.91. The molecule has 0 amide bonds. The van der Waals surface area contributed by atoms with Crippen molar-refractivity contribution in [2.45, 2.75) is 53.4 Å². The molecule has 0 aliphatic rings. The normalized spacial score (nSPS) is 11.4. The molecule has 2 aromatic heterocycles. The Hall–Kier alpha value is -2.82. The van der Waals surface area contributed by atoms with Crippen LogP contribution in [0.25, 0.3) is 21.9 Å². The summed E-state index contributed by atoms with van der Waals surface area (Å²) in [5.74, 6) is 0.977. The van der Waals surface area contributed by atoms with E-state index in [0.717, 1.165) is 16.6 Å². The zero-order valence-electron chi connectivity index (χ0n) is 16.9. The molecule has 0 atom stereocenters.